The molecule has 0 radical (unpaired) electrons. The maximum atomic E-state index is 12.4. The van der Waals surface area contributed by atoms with Gasteiger partial charge in [-0.1, -0.05) is 72.8 Å². The van der Waals surface area contributed by atoms with Crippen molar-refractivity contribution in [3.8, 4) is 0 Å². The normalized spacial score (nSPS) is 21.0. The minimum absolute atomic E-state index is 0.0386. The van der Waals surface area contributed by atoms with Crippen molar-refractivity contribution in [2.24, 2.45) is 0 Å². The van der Waals surface area contributed by atoms with E-state index in [-0.39, 0.29) is 38.3 Å². The number of carbonyl (C=O) groups is 2. The molecular formula is C25H30N2O5. The summed E-state index contributed by atoms with van der Waals surface area (Å²) >= 11 is 0. The minimum atomic E-state index is -0.787. The molecule has 0 saturated carbocycles. The van der Waals surface area contributed by atoms with Crippen molar-refractivity contribution in [3.63, 3.8) is 0 Å². The Morgan fingerprint density at radius 3 is 2.09 bits per heavy atom. The van der Waals surface area contributed by atoms with Crippen molar-refractivity contribution >= 4 is 11.9 Å². The van der Waals surface area contributed by atoms with E-state index in [0.717, 1.165) is 11.1 Å². The highest BCUT2D eigenvalue weighted by Crippen LogP contribution is 2.12. The summed E-state index contributed by atoms with van der Waals surface area (Å²) in [6.45, 7) is 2.79. The van der Waals surface area contributed by atoms with Crippen molar-refractivity contribution in [1.82, 2.24) is 10.2 Å². The largest absolute Gasteiger partial charge is 0.460 e. The second-order valence-electron chi connectivity index (χ2n) is 7.83. The molecule has 1 aliphatic heterocycles. The number of aliphatic hydroxyl groups is 1. The zero-order chi connectivity index (χ0) is 22.8. The fourth-order valence-corrected chi connectivity index (χ4v) is 3.40. The summed E-state index contributed by atoms with van der Waals surface area (Å²) in [5.74, 6) is -0.748. The summed E-state index contributed by atoms with van der Waals surface area (Å²) in [6.07, 6.45) is 2.75. The Morgan fingerprint density at radius 2 is 1.50 bits per heavy atom. The standard InChI is InChI=1S/C25H30N2O5/c1-19-12-13-23(28)22(26-14-24(29)31-17-20-8-4-2-5-9-20)15-27(19)16-25(30)32-18-21-10-6-3-7-11-21/h2-13,19,22-23,26,28H,14-18H2,1H3/t19-,22+,23?/m0/s1. The maximum Gasteiger partial charge on any atom is 0.320 e. The molecule has 32 heavy (non-hydrogen) atoms. The Bertz CT molecular complexity index is 888. The summed E-state index contributed by atoms with van der Waals surface area (Å²) in [6, 6.07) is 18.5. The van der Waals surface area contributed by atoms with E-state index in [0.29, 0.717) is 6.54 Å². The molecule has 1 heterocycles. The Morgan fingerprint density at radius 1 is 0.938 bits per heavy atom. The van der Waals surface area contributed by atoms with Crippen LogP contribution in [-0.2, 0) is 32.3 Å². The van der Waals surface area contributed by atoms with Gasteiger partial charge in [-0.2, -0.15) is 0 Å². The molecule has 7 nitrogen and oxygen atoms in total. The van der Waals surface area contributed by atoms with Gasteiger partial charge in [-0.05, 0) is 18.1 Å². The van der Waals surface area contributed by atoms with Gasteiger partial charge >= 0.3 is 11.9 Å². The summed E-state index contributed by atoms with van der Waals surface area (Å²) in [5.41, 5.74) is 1.83. The lowest BCUT2D eigenvalue weighted by Gasteiger charge is -2.29. The van der Waals surface area contributed by atoms with Gasteiger partial charge in [0, 0.05) is 18.6 Å². The third-order valence-corrected chi connectivity index (χ3v) is 5.33. The lowest BCUT2D eigenvalue weighted by Crippen LogP contribution is -2.50. The predicted octanol–water partition coefficient (Wildman–Crippen LogP) is 2.05. The van der Waals surface area contributed by atoms with Crippen molar-refractivity contribution in [1.29, 1.82) is 0 Å². The quantitative estimate of drug-likeness (QED) is 0.458. The van der Waals surface area contributed by atoms with Gasteiger partial charge in [-0.3, -0.25) is 14.5 Å². The van der Waals surface area contributed by atoms with Crippen molar-refractivity contribution < 1.29 is 24.2 Å². The van der Waals surface area contributed by atoms with Gasteiger partial charge in [-0.25, -0.2) is 0 Å². The van der Waals surface area contributed by atoms with E-state index in [1.807, 2.05) is 78.6 Å². The predicted molar refractivity (Wildman–Crippen MR) is 120 cm³/mol. The molecule has 0 aliphatic carbocycles. The Balaban J connectivity index is 1.47. The van der Waals surface area contributed by atoms with E-state index in [1.54, 1.807) is 6.08 Å². The lowest BCUT2D eigenvalue weighted by molar-refractivity contribution is -0.147. The van der Waals surface area contributed by atoms with Crippen LogP contribution >= 0.6 is 0 Å². The Hall–Kier alpha value is -3.00. The molecule has 0 spiro atoms. The number of hydrogen-bond donors (Lipinski definition) is 2. The van der Waals surface area contributed by atoms with E-state index in [1.165, 1.54) is 0 Å². The molecule has 3 rings (SSSR count). The van der Waals surface area contributed by atoms with Crippen LogP contribution in [0.15, 0.2) is 72.8 Å². The monoisotopic (exact) mass is 438 g/mol. The third-order valence-electron chi connectivity index (χ3n) is 5.33. The van der Waals surface area contributed by atoms with Crippen LogP contribution in [0.4, 0.5) is 0 Å². The average Bonchev–Trinajstić information content (AvgIpc) is 2.95. The van der Waals surface area contributed by atoms with Gasteiger partial charge in [0.1, 0.15) is 13.2 Å². The number of esters is 2. The summed E-state index contributed by atoms with van der Waals surface area (Å²) in [5, 5.41) is 13.5. The molecule has 1 aliphatic rings. The van der Waals surface area contributed by atoms with Crippen molar-refractivity contribution in [2.75, 3.05) is 19.6 Å². The van der Waals surface area contributed by atoms with E-state index >= 15 is 0 Å². The van der Waals surface area contributed by atoms with E-state index in [4.69, 9.17) is 9.47 Å². The molecular weight excluding hydrogens is 408 g/mol. The molecule has 2 aromatic carbocycles. The van der Waals surface area contributed by atoms with E-state index < -0.39 is 18.1 Å². The van der Waals surface area contributed by atoms with Crippen LogP contribution in [0.1, 0.15) is 18.1 Å². The summed E-state index contributed by atoms with van der Waals surface area (Å²) in [7, 11) is 0. The van der Waals surface area contributed by atoms with Crippen LogP contribution < -0.4 is 5.32 Å². The minimum Gasteiger partial charge on any atom is -0.460 e. The van der Waals surface area contributed by atoms with Gasteiger partial charge in [0.2, 0.25) is 0 Å². The molecule has 3 atom stereocenters. The number of nitrogens with zero attached hydrogens (tertiary/aromatic N) is 1. The van der Waals surface area contributed by atoms with Crippen LogP contribution in [0.5, 0.6) is 0 Å². The highest BCUT2D eigenvalue weighted by molar-refractivity contribution is 5.72. The third kappa shape index (κ3) is 7.60. The summed E-state index contributed by atoms with van der Waals surface area (Å²) in [4.78, 5) is 26.4. The van der Waals surface area contributed by atoms with Gasteiger partial charge < -0.3 is 19.9 Å². The topological polar surface area (TPSA) is 88.1 Å². The SMILES string of the molecule is C[C@H]1C=CC(O)[C@H](NCC(=O)OCc2ccccc2)CN1CC(=O)OCc1ccccc1. The maximum absolute atomic E-state index is 12.4. The second-order valence-corrected chi connectivity index (χ2v) is 7.83. The van der Waals surface area contributed by atoms with Gasteiger partial charge in [0.25, 0.3) is 0 Å². The van der Waals surface area contributed by atoms with Crippen molar-refractivity contribution in [3.05, 3.63) is 83.9 Å². The number of aliphatic hydroxyl groups excluding tert-OH is 1. The molecule has 170 valence electrons. The Labute approximate surface area is 188 Å². The number of benzene rings is 2. The van der Waals surface area contributed by atoms with Crippen LogP contribution in [0.3, 0.4) is 0 Å². The zero-order valence-electron chi connectivity index (χ0n) is 18.2. The van der Waals surface area contributed by atoms with Crippen LogP contribution in [-0.4, -0.2) is 59.8 Å². The van der Waals surface area contributed by atoms with Gasteiger partial charge in [-0.15, -0.1) is 0 Å². The number of rotatable bonds is 9. The van der Waals surface area contributed by atoms with E-state index in [2.05, 4.69) is 5.32 Å². The lowest BCUT2D eigenvalue weighted by atomic mass is 10.1. The number of nitrogens with one attached hydrogen (secondary N) is 1. The molecule has 0 aromatic heterocycles. The average molecular weight is 439 g/mol. The first-order valence-electron chi connectivity index (χ1n) is 10.7. The molecule has 1 unspecified atom stereocenters. The highest BCUT2D eigenvalue weighted by atomic mass is 16.5. The van der Waals surface area contributed by atoms with Crippen molar-refractivity contribution in [2.45, 2.75) is 38.3 Å². The smallest absolute Gasteiger partial charge is 0.320 e. The fourth-order valence-electron chi connectivity index (χ4n) is 3.40. The molecule has 7 heteroatoms. The first kappa shape index (κ1) is 23.7. The number of carbonyl (C=O) groups excluding carboxylic acids is 2. The molecule has 2 aromatic rings. The second kappa shape index (κ2) is 12.1. The van der Waals surface area contributed by atoms with E-state index in [9.17, 15) is 14.7 Å². The van der Waals surface area contributed by atoms with Crippen LogP contribution in [0, 0.1) is 0 Å². The molecule has 2 N–H and O–H groups in total. The summed E-state index contributed by atoms with van der Waals surface area (Å²) < 4.78 is 10.7. The fraction of sp³-hybridized carbons (Fsp3) is 0.360. The van der Waals surface area contributed by atoms with Crippen LogP contribution in [0.25, 0.3) is 0 Å². The Kier molecular flexibility index (Phi) is 8.98. The molecule has 0 fully saturated rings. The van der Waals surface area contributed by atoms with Crippen LogP contribution in [0.2, 0.25) is 0 Å². The highest BCUT2D eigenvalue weighted by Gasteiger charge is 2.28. The molecule has 0 amide bonds. The number of hydrogen-bond acceptors (Lipinski definition) is 7. The number of ether oxygens (including phenoxy) is 2. The van der Waals surface area contributed by atoms with Gasteiger partial charge in [0.05, 0.1) is 19.2 Å². The molecule has 0 saturated heterocycles. The first-order valence-corrected chi connectivity index (χ1v) is 10.7. The van der Waals surface area contributed by atoms with Gasteiger partial charge in [0.15, 0.2) is 0 Å². The molecule has 0 bridgehead atoms. The first-order chi connectivity index (χ1) is 15.5. The zero-order valence-corrected chi connectivity index (χ0v) is 18.2.